The average molecular weight is 566 g/mol. The van der Waals surface area contributed by atoms with E-state index in [1.807, 2.05) is 0 Å². The Morgan fingerprint density at radius 2 is 1.89 bits per heavy atom. The molecular weight excluding hydrogens is 541 g/mol. The van der Waals surface area contributed by atoms with Crippen molar-refractivity contribution >= 4 is 25.3 Å². The molecule has 202 valence electrons. The molecule has 0 amide bonds. The van der Waals surface area contributed by atoms with Crippen LogP contribution in [0.1, 0.15) is 18.7 Å². The predicted octanol–water partition coefficient (Wildman–Crippen LogP) is 3.16. The van der Waals surface area contributed by atoms with Crippen LogP contribution in [0.2, 0.25) is 5.02 Å². The third-order valence-corrected chi connectivity index (χ3v) is 7.17. The van der Waals surface area contributed by atoms with Gasteiger partial charge in [-0.3, -0.25) is 18.9 Å². The lowest BCUT2D eigenvalue weighted by Crippen LogP contribution is -2.37. The summed E-state index contributed by atoms with van der Waals surface area (Å²) < 4.78 is 42.5. The topological polar surface area (TPSA) is 147 Å². The maximum Gasteiger partial charge on any atom is 0.459 e. The van der Waals surface area contributed by atoms with Gasteiger partial charge < -0.3 is 18.7 Å². The zero-order chi connectivity index (χ0) is 27.3. The zero-order valence-electron chi connectivity index (χ0n) is 20.4. The lowest BCUT2D eigenvalue weighted by Gasteiger charge is -2.23. The molecule has 1 fully saturated rings. The fraction of sp³-hybridized carbons (Fsp3) is 0.292. The van der Waals surface area contributed by atoms with Gasteiger partial charge in [0.1, 0.15) is 24.1 Å². The van der Waals surface area contributed by atoms with Gasteiger partial charge in [0.15, 0.2) is 12.5 Å². The van der Waals surface area contributed by atoms with Crippen molar-refractivity contribution in [3.05, 3.63) is 92.2 Å². The highest BCUT2D eigenvalue weighted by molar-refractivity contribution is 7.52. The van der Waals surface area contributed by atoms with Gasteiger partial charge in [0, 0.05) is 16.8 Å². The van der Waals surface area contributed by atoms with Crippen molar-refractivity contribution in [3.63, 3.8) is 0 Å². The normalized spacial score (nSPS) is 19.4. The van der Waals surface area contributed by atoms with Gasteiger partial charge in [-0.15, -0.1) is 0 Å². The van der Waals surface area contributed by atoms with Gasteiger partial charge in [-0.25, -0.2) is 14.2 Å². The van der Waals surface area contributed by atoms with Gasteiger partial charge in [0.25, 0.3) is 5.56 Å². The maximum atomic E-state index is 13.7. The molecule has 1 aliphatic heterocycles. The summed E-state index contributed by atoms with van der Waals surface area (Å²) in [6.07, 6.45) is -0.528. The van der Waals surface area contributed by atoms with E-state index in [-0.39, 0.29) is 19.0 Å². The number of aryl methyl sites for hydroxylation is 1. The van der Waals surface area contributed by atoms with Gasteiger partial charge in [-0.2, -0.15) is 5.09 Å². The van der Waals surface area contributed by atoms with Crippen molar-refractivity contribution in [3.8, 4) is 11.5 Å². The summed E-state index contributed by atoms with van der Waals surface area (Å²) in [4.78, 5) is 38.6. The Balaban J connectivity index is 1.44. The summed E-state index contributed by atoms with van der Waals surface area (Å²) in [6, 6.07) is 13.3. The SMILES string of the molecule is Cc1cn([C@H]2CO[C@@H](COP(=O)(N[C@H](C)C(=O)Oc3ccccc3)Oc3ccc(Cl)cc3)O2)c(=O)[nH]c1=O. The fourth-order valence-electron chi connectivity index (χ4n) is 3.34. The van der Waals surface area contributed by atoms with Crippen molar-refractivity contribution in [1.82, 2.24) is 14.6 Å². The third kappa shape index (κ3) is 7.19. The standard InChI is InChI=1S/C24H25ClN3O9P/c1-15-12-28(24(31)26-22(15)29)20-13-33-21(36-20)14-34-38(32,37-19-10-8-17(25)9-11-19)27-16(2)23(30)35-18-6-4-3-5-7-18/h3-12,16,20-21H,13-14H2,1-2H3,(H,27,32)(H,26,29,31)/t16-,20-,21-,38?/m1/s1. The van der Waals surface area contributed by atoms with Gasteiger partial charge in [-0.1, -0.05) is 29.8 Å². The van der Waals surface area contributed by atoms with Crippen LogP contribution < -0.4 is 25.6 Å². The number of hydrogen-bond acceptors (Lipinski definition) is 9. The molecule has 0 bridgehead atoms. The number of rotatable bonds is 10. The second-order valence-corrected chi connectivity index (χ2v) is 10.4. The van der Waals surface area contributed by atoms with Crippen molar-refractivity contribution in [2.75, 3.05) is 13.2 Å². The van der Waals surface area contributed by atoms with Crippen LogP contribution in [0, 0.1) is 6.92 Å². The molecule has 1 aromatic heterocycles. The minimum absolute atomic E-state index is 0.0327. The number of ether oxygens (including phenoxy) is 3. The Hall–Kier alpha value is -3.25. The van der Waals surface area contributed by atoms with E-state index in [4.69, 9.17) is 34.9 Å². The lowest BCUT2D eigenvalue weighted by molar-refractivity contribution is -0.136. The number of benzene rings is 2. The number of hydrogen-bond donors (Lipinski definition) is 2. The summed E-state index contributed by atoms with van der Waals surface area (Å²) in [5.41, 5.74) is -0.856. The van der Waals surface area contributed by atoms with E-state index in [1.54, 1.807) is 37.3 Å². The van der Waals surface area contributed by atoms with Crippen LogP contribution >= 0.6 is 19.3 Å². The molecule has 0 aliphatic carbocycles. The summed E-state index contributed by atoms with van der Waals surface area (Å²) >= 11 is 5.92. The first-order valence-corrected chi connectivity index (χ1v) is 13.4. The van der Waals surface area contributed by atoms with Gasteiger partial charge in [0.2, 0.25) is 0 Å². The van der Waals surface area contributed by atoms with E-state index in [0.717, 1.165) is 0 Å². The molecule has 14 heteroatoms. The lowest BCUT2D eigenvalue weighted by atomic mass is 10.3. The molecule has 2 aromatic carbocycles. The molecule has 4 atom stereocenters. The summed E-state index contributed by atoms with van der Waals surface area (Å²) in [5, 5.41) is 3.00. The molecule has 38 heavy (non-hydrogen) atoms. The Kier molecular flexibility index (Phi) is 8.83. The highest BCUT2D eigenvalue weighted by atomic mass is 35.5. The number of esters is 1. The number of nitrogens with zero attached hydrogens (tertiary/aromatic N) is 1. The first-order chi connectivity index (χ1) is 18.1. The molecule has 0 saturated carbocycles. The molecule has 0 spiro atoms. The molecule has 12 nitrogen and oxygen atoms in total. The summed E-state index contributed by atoms with van der Waals surface area (Å²) in [7, 11) is -4.21. The molecule has 3 aromatic rings. The monoisotopic (exact) mass is 565 g/mol. The number of para-hydroxylation sites is 1. The van der Waals surface area contributed by atoms with E-state index in [0.29, 0.717) is 16.3 Å². The van der Waals surface area contributed by atoms with Crippen LogP contribution in [-0.2, 0) is 23.4 Å². The van der Waals surface area contributed by atoms with Crippen LogP contribution in [0.25, 0.3) is 0 Å². The predicted molar refractivity (Wildman–Crippen MR) is 136 cm³/mol. The van der Waals surface area contributed by atoms with E-state index in [9.17, 15) is 18.9 Å². The number of carbonyl (C=O) groups is 1. The number of carbonyl (C=O) groups excluding carboxylic acids is 1. The second-order valence-electron chi connectivity index (χ2n) is 8.26. The molecule has 1 aliphatic rings. The Morgan fingerprint density at radius 3 is 2.61 bits per heavy atom. The highest BCUT2D eigenvalue weighted by Crippen LogP contribution is 2.45. The molecular formula is C24H25ClN3O9P. The van der Waals surface area contributed by atoms with Gasteiger partial charge in [-0.05, 0) is 50.2 Å². The van der Waals surface area contributed by atoms with Crippen molar-refractivity contribution in [2.45, 2.75) is 32.4 Å². The minimum Gasteiger partial charge on any atom is -0.425 e. The minimum atomic E-state index is -4.21. The van der Waals surface area contributed by atoms with E-state index >= 15 is 0 Å². The number of halogens is 1. The number of nitrogens with one attached hydrogen (secondary N) is 2. The molecule has 1 unspecified atom stereocenters. The smallest absolute Gasteiger partial charge is 0.425 e. The Morgan fingerprint density at radius 1 is 1.18 bits per heavy atom. The number of aromatic nitrogens is 2. The van der Waals surface area contributed by atoms with Crippen molar-refractivity contribution < 1.29 is 32.6 Å². The largest absolute Gasteiger partial charge is 0.459 e. The van der Waals surface area contributed by atoms with Crippen LogP contribution in [0.15, 0.2) is 70.4 Å². The van der Waals surface area contributed by atoms with Gasteiger partial charge in [0.05, 0.1) is 6.61 Å². The van der Waals surface area contributed by atoms with Crippen LogP contribution in [-0.4, -0.2) is 41.1 Å². The van der Waals surface area contributed by atoms with Crippen LogP contribution in [0.3, 0.4) is 0 Å². The fourth-order valence-corrected chi connectivity index (χ4v) is 4.95. The van der Waals surface area contributed by atoms with E-state index < -0.39 is 43.5 Å². The zero-order valence-corrected chi connectivity index (χ0v) is 22.0. The first kappa shape index (κ1) is 27.8. The van der Waals surface area contributed by atoms with Gasteiger partial charge >= 0.3 is 19.4 Å². The Bertz CT molecular complexity index is 1430. The molecule has 4 rings (SSSR count). The van der Waals surface area contributed by atoms with Crippen molar-refractivity contribution in [1.29, 1.82) is 0 Å². The maximum absolute atomic E-state index is 13.7. The van der Waals surface area contributed by atoms with Crippen LogP contribution in [0.4, 0.5) is 0 Å². The molecule has 0 radical (unpaired) electrons. The average Bonchev–Trinajstić information content (AvgIpc) is 3.36. The van der Waals surface area contributed by atoms with E-state index in [2.05, 4.69) is 10.1 Å². The van der Waals surface area contributed by atoms with E-state index in [1.165, 1.54) is 42.0 Å². The molecule has 2 N–H and O–H groups in total. The van der Waals surface area contributed by atoms with Crippen LogP contribution in [0.5, 0.6) is 11.5 Å². The Labute approximate surface area is 222 Å². The summed E-state index contributed by atoms with van der Waals surface area (Å²) in [5.74, 6) is -0.247. The molecule has 2 heterocycles. The summed E-state index contributed by atoms with van der Waals surface area (Å²) in [6.45, 7) is 2.57. The second kappa shape index (κ2) is 12.1. The molecule has 1 saturated heterocycles. The quantitative estimate of drug-likeness (QED) is 0.213. The first-order valence-electron chi connectivity index (χ1n) is 11.5. The third-order valence-electron chi connectivity index (χ3n) is 5.28. The van der Waals surface area contributed by atoms with Crippen molar-refractivity contribution in [2.24, 2.45) is 0 Å². The highest BCUT2D eigenvalue weighted by Gasteiger charge is 2.36. The number of H-pyrrole nitrogens is 1. The number of aromatic amines is 1.